The molecule has 0 radical (unpaired) electrons. The number of nitrogens with one attached hydrogen (secondary N) is 1. The van der Waals surface area contributed by atoms with Gasteiger partial charge in [0.2, 0.25) is 17.8 Å². The molecule has 0 saturated carbocycles. The summed E-state index contributed by atoms with van der Waals surface area (Å²) >= 11 is 0. The molecule has 0 aliphatic carbocycles. The Morgan fingerprint density at radius 3 is 2.18 bits per heavy atom. The van der Waals surface area contributed by atoms with Crippen molar-refractivity contribution in [2.75, 3.05) is 12.4 Å². The minimum Gasteiger partial charge on any atom is -0.497 e. The van der Waals surface area contributed by atoms with Crippen LogP contribution in [0.1, 0.15) is 0 Å². The minimum absolute atomic E-state index is 0.132. The van der Waals surface area contributed by atoms with E-state index in [0.717, 1.165) is 0 Å². The molecule has 4 nitrogen and oxygen atoms in total. The number of hydrogen-bond acceptors (Lipinski definition) is 4. The van der Waals surface area contributed by atoms with E-state index < -0.39 is 11.9 Å². The lowest BCUT2D eigenvalue weighted by molar-refractivity contribution is 0.415. The molecule has 0 bridgehead atoms. The minimum atomic E-state index is -0.923. The SMILES string of the molecule is COc1ccc(Nc2nc(F)cc(F)n2)cc1. The maximum atomic E-state index is 12.8. The molecule has 2 aromatic rings. The first-order chi connectivity index (χ1) is 8.17. The van der Waals surface area contributed by atoms with Gasteiger partial charge < -0.3 is 10.1 Å². The van der Waals surface area contributed by atoms with Gasteiger partial charge in [-0.25, -0.2) is 0 Å². The Labute approximate surface area is 96.3 Å². The van der Waals surface area contributed by atoms with Gasteiger partial charge in [0.15, 0.2) is 0 Å². The molecule has 6 heteroatoms. The maximum Gasteiger partial charge on any atom is 0.232 e. The molecular weight excluding hydrogens is 228 g/mol. The molecule has 1 N–H and O–H groups in total. The van der Waals surface area contributed by atoms with E-state index in [1.54, 1.807) is 31.4 Å². The molecule has 0 aliphatic rings. The second kappa shape index (κ2) is 4.73. The Hall–Kier alpha value is -2.24. The van der Waals surface area contributed by atoms with Crippen molar-refractivity contribution in [2.24, 2.45) is 0 Å². The highest BCUT2D eigenvalue weighted by molar-refractivity contribution is 5.54. The van der Waals surface area contributed by atoms with E-state index in [0.29, 0.717) is 17.5 Å². The van der Waals surface area contributed by atoms with E-state index in [4.69, 9.17) is 4.74 Å². The zero-order valence-corrected chi connectivity index (χ0v) is 8.95. The van der Waals surface area contributed by atoms with Gasteiger partial charge in [0.05, 0.1) is 7.11 Å². The monoisotopic (exact) mass is 237 g/mol. The van der Waals surface area contributed by atoms with Crippen molar-refractivity contribution in [3.63, 3.8) is 0 Å². The van der Waals surface area contributed by atoms with Crippen LogP contribution in [0.25, 0.3) is 0 Å². The topological polar surface area (TPSA) is 47.0 Å². The molecule has 88 valence electrons. The van der Waals surface area contributed by atoms with E-state index in [2.05, 4.69) is 15.3 Å². The van der Waals surface area contributed by atoms with E-state index in [-0.39, 0.29) is 5.95 Å². The van der Waals surface area contributed by atoms with Crippen LogP contribution in [0.3, 0.4) is 0 Å². The van der Waals surface area contributed by atoms with Crippen LogP contribution in [0, 0.1) is 11.9 Å². The summed E-state index contributed by atoms with van der Waals surface area (Å²) < 4.78 is 30.6. The van der Waals surface area contributed by atoms with E-state index in [9.17, 15) is 8.78 Å². The predicted octanol–water partition coefficient (Wildman–Crippen LogP) is 2.51. The van der Waals surface area contributed by atoms with Crippen LogP contribution in [0.4, 0.5) is 20.4 Å². The largest absolute Gasteiger partial charge is 0.497 e. The Morgan fingerprint density at radius 2 is 1.65 bits per heavy atom. The molecule has 0 aliphatic heterocycles. The van der Waals surface area contributed by atoms with E-state index in [1.807, 2.05) is 0 Å². The smallest absolute Gasteiger partial charge is 0.232 e. The molecule has 0 atom stereocenters. The van der Waals surface area contributed by atoms with Gasteiger partial charge in [-0.15, -0.1) is 0 Å². The highest BCUT2D eigenvalue weighted by Crippen LogP contribution is 2.17. The zero-order valence-electron chi connectivity index (χ0n) is 8.95. The number of ether oxygens (including phenoxy) is 1. The Balaban J connectivity index is 2.19. The highest BCUT2D eigenvalue weighted by atomic mass is 19.1. The van der Waals surface area contributed by atoms with Gasteiger partial charge in [-0.2, -0.15) is 18.7 Å². The van der Waals surface area contributed by atoms with Crippen molar-refractivity contribution in [1.82, 2.24) is 9.97 Å². The van der Waals surface area contributed by atoms with Gasteiger partial charge in [0.25, 0.3) is 0 Å². The Bertz CT molecular complexity index is 496. The fraction of sp³-hybridized carbons (Fsp3) is 0.0909. The average Bonchev–Trinajstić information content (AvgIpc) is 2.28. The molecule has 1 heterocycles. The van der Waals surface area contributed by atoms with Crippen molar-refractivity contribution in [1.29, 1.82) is 0 Å². The third-order valence-electron chi connectivity index (χ3n) is 2.01. The number of nitrogens with zero attached hydrogens (tertiary/aromatic N) is 2. The first-order valence-corrected chi connectivity index (χ1v) is 4.78. The number of rotatable bonds is 3. The van der Waals surface area contributed by atoms with Crippen molar-refractivity contribution in [3.05, 3.63) is 42.2 Å². The summed E-state index contributed by atoms with van der Waals surface area (Å²) in [5.74, 6) is -1.29. The summed E-state index contributed by atoms with van der Waals surface area (Å²) in [4.78, 5) is 6.82. The van der Waals surface area contributed by atoms with Crippen LogP contribution < -0.4 is 10.1 Å². The third-order valence-corrected chi connectivity index (χ3v) is 2.01. The zero-order chi connectivity index (χ0) is 12.3. The number of anilines is 2. The summed E-state index contributed by atoms with van der Waals surface area (Å²) in [7, 11) is 1.55. The first-order valence-electron chi connectivity index (χ1n) is 4.78. The maximum absolute atomic E-state index is 12.8. The summed E-state index contributed by atoms with van der Waals surface area (Å²) in [5, 5.41) is 2.68. The van der Waals surface area contributed by atoms with Gasteiger partial charge in [0.1, 0.15) is 5.75 Å². The van der Waals surface area contributed by atoms with Crippen LogP contribution >= 0.6 is 0 Å². The molecule has 17 heavy (non-hydrogen) atoms. The molecule has 1 aromatic carbocycles. The fourth-order valence-electron chi connectivity index (χ4n) is 1.25. The first kappa shape index (κ1) is 11.3. The summed E-state index contributed by atoms with van der Waals surface area (Å²) in [5.41, 5.74) is 0.607. The van der Waals surface area contributed by atoms with Crippen molar-refractivity contribution >= 4 is 11.6 Å². The van der Waals surface area contributed by atoms with Crippen LogP contribution in [-0.2, 0) is 0 Å². The predicted molar refractivity (Wildman–Crippen MR) is 58.2 cm³/mol. The molecule has 2 rings (SSSR count). The van der Waals surface area contributed by atoms with Crippen LogP contribution in [0.5, 0.6) is 5.75 Å². The Kier molecular flexibility index (Phi) is 3.13. The number of aromatic nitrogens is 2. The average molecular weight is 237 g/mol. The van der Waals surface area contributed by atoms with E-state index >= 15 is 0 Å². The molecule has 0 unspecified atom stereocenters. The standard InChI is InChI=1S/C11H9F2N3O/c1-17-8-4-2-7(3-5-8)14-11-15-9(12)6-10(13)16-11/h2-6H,1H3,(H,14,15,16). The van der Waals surface area contributed by atoms with Gasteiger partial charge in [0, 0.05) is 11.8 Å². The van der Waals surface area contributed by atoms with Crippen molar-refractivity contribution in [3.8, 4) is 5.75 Å². The second-order valence-corrected chi connectivity index (χ2v) is 3.19. The summed E-state index contributed by atoms with van der Waals surface area (Å²) in [6, 6.07) is 7.39. The van der Waals surface area contributed by atoms with Gasteiger partial charge in [-0.05, 0) is 24.3 Å². The lowest BCUT2D eigenvalue weighted by Gasteiger charge is -2.05. The van der Waals surface area contributed by atoms with Crippen molar-refractivity contribution in [2.45, 2.75) is 0 Å². The lowest BCUT2D eigenvalue weighted by atomic mass is 10.3. The van der Waals surface area contributed by atoms with Crippen LogP contribution in [0.2, 0.25) is 0 Å². The highest BCUT2D eigenvalue weighted by Gasteiger charge is 2.04. The number of methoxy groups -OCH3 is 1. The molecule has 0 amide bonds. The summed E-state index contributed by atoms with van der Waals surface area (Å²) in [6.45, 7) is 0. The number of hydrogen-bond donors (Lipinski definition) is 1. The normalized spacial score (nSPS) is 10.1. The van der Waals surface area contributed by atoms with Crippen LogP contribution in [-0.4, -0.2) is 17.1 Å². The van der Waals surface area contributed by atoms with Gasteiger partial charge in [-0.3, -0.25) is 0 Å². The molecule has 0 saturated heterocycles. The van der Waals surface area contributed by atoms with Crippen LogP contribution in [0.15, 0.2) is 30.3 Å². The molecule has 0 fully saturated rings. The quantitative estimate of drug-likeness (QED) is 0.833. The van der Waals surface area contributed by atoms with E-state index in [1.165, 1.54) is 0 Å². The van der Waals surface area contributed by atoms with Gasteiger partial charge in [-0.1, -0.05) is 0 Å². The van der Waals surface area contributed by atoms with Crippen molar-refractivity contribution < 1.29 is 13.5 Å². The molecule has 1 aromatic heterocycles. The summed E-state index contributed by atoms with van der Waals surface area (Å²) in [6.07, 6.45) is 0. The molecular formula is C11H9F2N3O. The number of halogens is 2. The molecule has 0 spiro atoms. The fourth-order valence-corrected chi connectivity index (χ4v) is 1.25. The Morgan fingerprint density at radius 1 is 1.06 bits per heavy atom. The number of benzene rings is 1. The van der Waals surface area contributed by atoms with Gasteiger partial charge >= 0.3 is 0 Å². The third kappa shape index (κ3) is 2.87. The lowest BCUT2D eigenvalue weighted by Crippen LogP contribution is -2.00. The second-order valence-electron chi connectivity index (χ2n) is 3.19.